The summed E-state index contributed by atoms with van der Waals surface area (Å²) in [6, 6.07) is 4.75. The maximum absolute atomic E-state index is 11.2. The predicted molar refractivity (Wildman–Crippen MR) is 67.6 cm³/mol. The lowest BCUT2D eigenvalue weighted by Crippen LogP contribution is -2.45. The first kappa shape index (κ1) is 11.9. The molecule has 1 aliphatic rings. The Labute approximate surface area is 110 Å². The van der Waals surface area contributed by atoms with E-state index in [0.717, 1.165) is 17.1 Å². The van der Waals surface area contributed by atoms with E-state index in [1.54, 1.807) is 12.5 Å². The molecule has 2 aromatic heterocycles. The number of aryl methyl sites for hydroxylation is 1. The molecular formula is C13H14N4O2. The summed E-state index contributed by atoms with van der Waals surface area (Å²) in [7, 11) is 1.91. The summed E-state index contributed by atoms with van der Waals surface area (Å²) in [5.74, 6) is -0.864. The number of carboxylic acids is 1. The maximum atomic E-state index is 11.2. The Bertz CT molecular complexity index is 608. The average Bonchev–Trinajstić information content (AvgIpc) is 2.80. The second-order valence-corrected chi connectivity index (χ2v) is 4.64. The molecule has 2 aromatic rings. The smallest absolute Gasteiger partial charge is 0.321 e. The van der Waals surface area contributed by atoms with Crippen molar-refractivity contribution in [1.29, 1.82) is 0 Å². The molecule has 2 unspecified atom stereocenters. The highest BCUT2D eigenvalue weighted by atomic mass is 16.4. The number of pyridine rings is 1. The molecule has 0 saturated heterocycles. The maximum Gasteiger partial charge on any atom is 0.321 e. The van der Waals surface area contributed by atoms with Crippen LogP contribution in [-0.2, 0) is 18.3 Å². The predicted octanol–water partition coefficient (Wildman–Crippen LogP) is 0.503. The number of hydrogen-bond acceptors (Lipinski definition) is 4. The van der Waals surface area contributed by atoms with Gasteiger partial charge in [-0.1, -0.05) is 6.07 Å². The van der Waals surface area contributed by atoms with Gasteiger partial charge in [0.15, 0.2) is 0 Å². The minimum Gasteiger partial charge on any atom is -0.480 e. The van der Waals surface area contributed by atoms with E-state index in [1.807, 2.05) is 29.8 Å². The van der Waals surface area contributed by atoms with Crippen LogP contribution >= 0.6 is 0 Å². The standard InChI is InChI=1S/C13H14N4O2/c1-17-7-15-9-6-10(13(18)19)16-11(12(9)17)8-4-2-3-5-14-8/h2-5,7,10-11,16H,6H2,1H3,(H,18,19). The lowest BCUT2D eigenvalue weighted by atomic mass is 9.96. The topological polar surface area (TPSA) is 80.0 Å². The third kappa shape index (κ3) is 2.00. The van der Waals surface area contributed by atoms with Gasteiger partial charge in [-0.05, 0) is 12.1 Å². The van der Waals surface area contributed by atoms with Crippen molar-refractivity contribution in [3.8, 4) is 0 Å². The molecule has 0 fully saturated rings. The van der Waals surface area contributed by atoms with E-state index in [9.17, 15) is 9.90 Å². The van der Waals surface area contributed by atoms with Crippen LogP contribution in [0.3, 0.4) is 0 Å². The van der Waals surface area contributed by atoms with E-state index in [4.69, 9.17) is 0 Å². The summed E-state index contributed by atoms with van der Waals surface area (Å²) in [6.07, 6.45) is 3.82. The summed E-state index contributed by atoms with van der Waals surface area (Å²) in [4.78, 5) is 19.8. The van der Waals surface area contributed by atoms with Gasteiger partial charge in [0.2, 0.25) is 0 Å². The largest absolute Gasteiger partial charge is 0.480 e. The Morgan fingerprint density at radius 1 is 1.47 bits per heavy atom. The van der Waals surface area contributed by atoms with Crippen molar-refractivity contribution in [2.45, 2.75) is 18.5 Å². The van der Waals surface area contributed by atoms with E-state index in [-0.39, 0.29) is 6.04 Å². The molecule has 0 amide bonds. The van der Waals surface area contributed by atoms with Gasteiger partial charge in [0.25, 0.3) is 0 Å². The van der Waals surface area contributed by atoms with Crippen molar-refractivity contribution >= 4 is 5.97 Å². The Balaban J connectivity index is 2.07. The molecule has 6 heteroatoms. The van der Waals surface area contributed by atoms with Crippen LogP contribution in [-0.4, -0.2) is 31.7 Å². The van der Waals surface area contributed by atoms with Crippen molar-refractivity contribution < 1.29 is 9.90 Å². The Morgan fingerprint density at radius 2 is 2.32 bits per heavy atom. The fourth-order valence-electron chi connectivity index (χ4n) is 2.48. The van der Waals surface area contributed by atoms with Crippen LogP contribution in [0.15, 0.2) is 30.7 Å². The lowest BCUT2D eigenvalue weighted by Gasteiger charge is -2.28. The van der Waals surface area contributed by atoms with Gasteiger partial charge in [-0.3, -0.25) is 15.1 Å². The fourth-order valence-corrected chi connectivity index (χ4v) is 2.48. The highest BCUT2D eigenvalue weighted by Crippen LogP contribution is 2.28. The average molecular weight is 258 g/mol. The third-order valence-electron chi connectivity index (χ3n) is 3.38. The molecule has 1 aliphatic heterocycles. The number of aromatic nitrogens is 3. The second kappa shape index (κ2) is 4.47. The molecule has 0 spiro atoms. The first-order valence-electron chi connectivity index (χ1n) is 6.06. The van der Waals surface area contributed by atoms with Crippen LogP contribution in [0.4, 0.5) is 0 Å². The summed E-state index contributed by atoms with van der Waals surface area (Å²) in [5.41, 5.74) is 2.61. The molecule has 0 aromatic carbocycles. The third-order valence-corrected chi connectivity index (χ3v) is 3.38. The van der Waals surface area contributed by atoms with Crippen LogP contribution in [0.2, 0.25) is 0 Å². The molecule has 0 radical (unpaired) electrons. The van der Waals surface area contributed by atoms with Gasteiger partial charge in [-0.2, -0.15) is 0 Å². The first-order valence-corrected chi connectivity index (χ1v) is 6.06. The van der Waals surface area contributed by atoms with Gasteiger partial charge < -0.3 is 9.67 Å². The van der Waals surface area contributed by atoms with E-state index in [1.165, 1.54) is 0 Å². The van der Waals surface area contributed by atoms with Crippen LogP contribution in [0.1, 0.15) is 23.1 Å². The van der Waals surface area contributed by atoms with Crippen molar-refractivity contribution in [1.82, 2.24) is 19.9 Å². The molecule has 6 nitrogen and oxygen atoms in total. The summed E-state index contributed by atoms with van der Waals surface area (Å²) in [6.45, 7) is 0. The highest BCUT2D eigenvalue weighted by Gasteiger charge is 2.34. The zero-order chi connectivity index (χ0) is 13.4. The molecule has 19 heavy (non-hydrogen) atoms. The summed E-state index contributed by atoms with van der Waals surface area (Å²) >= 11 is 0. The number of aliphatic carboxylic acids is 1. The quantitative estimate of drug-likeness (QED) is 0.820. The SMILES string of the molecule is Cn1cnc2c1C(c1ccccn1)NC(C(=O)O)C2. The fraction of sp³-hybridized carbons (Fsp3) is 0.308. The number of fused-ring (bicyclic) bond motifs is 1. The van der Waals surface area contributed by atoms with E-state index >= 15 is 0 Å². The van der Waals surface area contributed by atoms with Gasteiger partial charge in [-0.15, -0.1) is 0 Å². The van der Waals surface area contributed by atoms with Gasteiger partial charge in [-0.25, -0.2) is 4.98 Å². The number of carbonyl (C=O) groups is 1. The van der Waals surface area contributed by atoms with Crippen molar-refractivity contribution in [2.24, 2.45) is 7.05 Å². The zero-order valence-electron chi connectivity index (χ0n) is 10.4. The van der Waals surface area contributed by atoms with Crippen molar-refractivity contribution in [3.63, 3.8) is 0 Å². The highest BCUT2D eigenvalue weighted by molar-refractivity contribution is 5.74. The van der Waals surface area contributed by atoms with Gasteiger partial charge in [0.1, 0.15) is 6.04 Å². The molecule has 0 aliphatic carbocycles. The zero-order valence-corrected chi connectivity index (χ0v) is 10.4. The summed E-state index contributed by atoms with van der Waals surface area (Å²) < 4.78 is 1.92. The number of rotatable bonds is 2. The monoisotopic (exact) mass is 258 g/mol. The first-order chi connectivity index (χ1) is 9.16. The van der Waals surface area contributed by atoms with Gasteiger partial charge in [0.05, 0.1) is 29.5 Å². The van der Waals surface area contributed by atoms with Crippen LogP contribution < -0.4 is 5.32 Å². The Kier molecular flexibility index (Phi) is 2.79. The van der Waals surface area contributed by atoms with Gasteiger partial charge in [0, 0.05) is 19.7 Å². The number of nitrogens with one attached hydrogen (secondary N) is 1. The van der Waals surface area contributed by atoms with E-state index < -0.39 is 12.0 Å². The molecule has 0 saturated carbocycles. The minimum absolute atomic E-state index is 0.237. The van der Waals surface area contributed by atoms with Crippen LogP contribution in [0.25, 0.3) is 0 Å². The number of imidazole rings is 1. The van der Waals surface area contributed by atoms with Crippen LogP contribution in [0.5, 0.6) is 0 Å². The molecule has 3 rings (SSSR count). The molecule has 2 N–H and O–H groups in total. The van der Waals surface area contributed by atoms with Gasteiger partial charge >= 0.3 is 5.97 Å². The van der Waals surface area contributed by atoms with E-state index in [2.05, 4.69) is 15.3 Å². The number of nitrogens with zero attached hydrogens (tertiary/aromatic N) is 3. The molecule has 2 atom stereocenters. The molecule has 98 valence electrons. The Morgan fingerprint density at radius 3 is 3.00 bits per heavy atom. The van der Waals surface area contributed by atoms with Crippen molar-refractivity contribution in [3.05, 3.63) is 47.8 Å². The molecule has 3 heterocycles. The Hall–Kier alpha value is -2.21. The molecule has 0 bridgehead atoms. The number of hydrogen-bond donors (Lipinski definition) is 2. The normalized spacial score (nSPS) is 21.9. The number of carboxylic acid groups (broad SMARTS) is 1. The summed E-state index contributed by atoms with van der Waals surface area (Å²) in [5, 5.41) is 12.3. The lowest BCUT2D eigenvalue weighted by molar-refractivity contribution is -0.139. The van der Waals surface area contributed by atoms with Crippen LogP contribution in [0, 0.1) is 0 Å². The minimum atomic E-state index is -0.864. The molecular weight excluding hydrogens is 244 g/mol. The second-order valence-electron chi connectivity index (χ2n) is 4.64. The van der Waals surface area contributed by atoms with Crippen molar-refractivity contribution in [2.75, 3.05) is 0 Å². The van der Waals surface area contributed by atoms with E-state index in [0.29, 0.717) is 6.42 Å².